The molecule has 36 heavy (non-hydrogen) atoms. The zero-order valence-corrected chi connectivity index (χ0v) is 20.8. The van der Waals surface area contributed by atoms with Crippen LogP contribution < -0.4 is 10.0 Å². The second-order valence-electron chi connectivity index (χ2n) is 8.63. The SMILES string of the molecule is Cc1cc(C)nc(NS(=O)(=O)c2ccc(NC(Cc3ccccc3)c3nc4ccccc4[nH]3)cc2)n1. The number of fused-ring (bicyclic) bond motifs is 1. The number of para-hydroxylation sites is 2. The van der Waals surface area contributed by atoms with Crippen molar-refractivity contribution in [2.75, 3.05) is 10.0 Å². The highest BCUT2D eigenvalue weighted by Gasteiger charge is 2.19. The van der Waals surface area contributed by atoms with E-state index >= 15 is 0 Å². The summed E-state index contributed by atoms with van der Waals surface area (Å²) in [4.78, 5) is 16.7. The van der Waals surface area contributed by atoms with Crippen LogP contribution >= 0.6 is 0 Å². The van der Waals surface area contributed by atoms with E-state index in [2.05, 4.69) is 37.1 Å². The third-order valence-electron chi connectivity index (χ3n) is 5.73. The van der Waals surface area contributed by atoms with E-state index in [4.69, 9.17) is 4.98 Å². The van der Waals surface area contributed by atoms with Crippen LogP contribution in [0.3, 0.4) is 0 Å². The molecule has 0 spiro atoms. The Kier molecular flexibility index (Phi) is 6.39. The second kappa shape index (κ2) is 9.79. The molecule has 0 aliphatic carbocycles. The molecule has 182 valence electrons. The van der Waals surface area contributed by atoms with Gasteiger partial charge < -0.3 is 10.3 Å². The minimum Gasteiger partial charge on any atom is -0.375 e. The average molecular weight is 499 g/mol. The number of hydrogen-bond acceptors (Lipinski definition) is 6. The van der Waals surface area contributed by atoms with Crippen molar-refractivity contribution >= 4 is 32.7 Å². The molecule has 2 heterocycles. The number of aromatic nitrogens is 4. The van der Waals surface area contributed by atoms with Crippen LogP contribution in [0, 0.1) is 13.8 Å². The topological polar surface area (TPSA) is 113 Å². The molecule has 2 aromatic heterocycles. The minimum atomic E-state index is -3.83. The molecule has 0 bridgehead atoms. The van der Waals surface area contributed by atoms with E-state index in [-0.39, 0.29) is 16.9 Å². The lowest BCUT2D eigenvalue weighted by atomic mass is 10.1. The van der Waals surface area contributed by atoms with Crippen LogP contribution in [0.2, 0.25) is 0 Å². The predicted octanol–water partition coefficient (Wildman–Crippen LogP) is 5.17. The summed E-state index contributed by atoms with van der Waals surface area (Å²) in [5, 5.41) is 3.51. The summed E-state index contributed by atoms with van der Waals surface area (Å²) in [5.41, 5.74) is 5.18. The Labute approximate surface area is 209 Å². The first-order valence-corrected chi connectivity index (χ1v) is 13.0. The van der Waals surface area contributed by atoms with Crippen LogP contribution in [0.15, 0.2) is 89.8 Å². The number of imidazole rings is 1. The van der Waals surface area contributed by atoms with Crippen molar-refractivity contribution in [3.05, 3.63) is 108 Å². The molecule has 9 heteroatoms. The van der Waals surface area contributed by atoms with Gasteiger partial charge in [-0.15, -0.1) is 0 Å². The predicted molar refractivity (Wildman–Crippen MR) is 141 cm³/mol. The van der Waals surface area contributed by atoms with Crippen molar-refractivity contribution in [1.82, 2.24) is 19.9 Å². The highest BCUT2D eigenvalue weighted by molar-refractivity contribution is 7.92. The standard InChI is InChI=1S/C27H26N6O2S/c1-18-16-19(2)29-27(28-18)33-36(34,35)22-14-12-21(13-15-22)30-25(17-20-8-4-3-5-9-20)26-31-23-10-6-7-11-24(23)32-26/h3-16,25,30H,17H2,1-2H3,(H,31,32)(H,28,29,33). The summed E-state index contributed by atoms with van der Waals surface area (Å²) in [7, 11) is -3.83. The van der Waals surface area contributed by atoms with Gasteiger partial charge in [0.15, 0.2) is 0 Å². The minimum absolute atomic E-state index is 0.0579. The van der Waals surface area contributed by atoms with Crippen molar-refractivity contribution in [2.45, 2.75) is 31.2 Å². The fraction of sp³-hybridized carbons (Fsp3) is 0.148. The zero-order valence-electron chi connectivity index (χ0n) is 19.9. The quantitative estimate of drug-likeness (QED) is 0.272. The molecule has 3 aromatic carbocycles. The van der Waals surface area contributed by atoms with E-state index in [1.54, 1.807) is 44.2 Å². The number of anilines is 2. The van der Waals surface area contributed by atoms with Crippen LogP contribution in [0.5, 0.6) is 0 Å². The molecule has 0 amide bonds. The largest absolute Gasteiger partial charge is 0.375 e. The summed E-state index contributed by atoms with van der Waals surface area (Å²) < 4.78 is 28.3. The smallest absolute Gasteiger partial charge is 0.264 e. The molecular weight excluding hydrogens is 472 g/mol. The number of aryl methyl sites for hydroxylation is 2. The van der Waals surface area contributed by atoms with E-state index in [0.29, 0.717) is 17.8 Å². The Balaban J connectivity index is 1.39. The van der Waals surface area contributed by atoms with Crippen molar-refractivity contribution in [3.8, 4) is 0 Å². The van der Waals surface area contributed by atoms with Gasteiger partial charge in [-0.2, -0.15) is 0 Å². The number of sulfonamides is 1. The van der Waals surface area contributed by atoms with E-state index in [9.17, 15) is 8.42 Å². The van der Waals surface area contributed by atoms with Crippen molar-refractivity contribution in [2.24, 2.45) is 0 Å². The number of benzene rings is 3. The molecule has 0 aliphatic rings. The molecule has 0 aliphatic heterocycles. The summed E-state index contributed by atoms with van der Waals surface area (Å²) in [6.07, 6.45) is 0.701. The summed E-state index contributed by atoms with van der Waals surface area (Å²) >= 11 is 0. The van der Waals surface area contributed by atoms with Crippen molar-refractivity contribution in [1.29, 1.82) is 0 Å². The molecule has 3 N–H and O–H groups in total. The summed E-state index contributed by atoms with van der Waals surface area (Å²) in [6, 6.07) is 26.3. The molecule has 0 saturated carbocycles. The maximum atomic E-state index is 12.9. The van der Waals surface area contributed by atoms with Crippen LogP contribution in [0.1, 0.15) is 28.8 Å². The van der Waals surface area contributed by atoms with Crippen LogP contribution in [-0.2, 0) is 16.4 Å². The number of aromatic amines is 1. The molecule has 0 radical (unpaired) electrons. The number of rotatable bonds is 8. The second-order valence-corrected chi connectivity index (χ2v) is 10.3. The van der Waals surface area contributed by atoms with Gasteiger partial charge in [0.25, 0.3) is 10.0 Å². The van der Waals surface area contributed by atoms with Gasteiger partial charge in [-0.05, 0) is 68.3 Å². The van der Waals surface area contributed by atoms with Crippen molar-refractivity contribution < 1.29 is 8.42 Å². The summed E-state index contributed by atoms with van der Waals surface area (Å²) in [6.45, 7) is 3.58. The summed E-state index contributed by atoms with van der Waals surface area (Å²) in [5.74, 6) is 0.868. The van der Waals surface area contributed by atoms with Gasteiger partial charge in [0.05, 0.1) is 22.0 Å². The van der Waals surface area contributed by atoms with Crippen LogP contribution in [0.4, 0.5) is 11.6 Å². The Morgan fingerprint density at radius 3 is 2.19 bits per heavy atom. The highest BCUT2D eigenvalue weighted by atomic mass is 32.2. The molecule has 1 atom stereocenters. The lowest BCUT2D eigenvalue weighted by molar-refractivity contribution is 0.600. The number of hydrogen-bond donors (Lipinski definition) is 3. The van der Waals surface area contributed by atoms with Crippen molar-refractivity contribution in [3.63, 3.8) is 0 Å². The van der Waals surface area contributed by atoms with Gasteiger partial charge in [-0.25, -0.2) is 28.1 Å². The lowest BCUT2D eigenvalue weighted by Gasteiger charge is -2.18. The van der Waals surface area contributed by atoms with Crippen LogP contribution in [0.25, 0.3) is 11.0 Å². The molecule has 1 unspecified atom stereocenters. The average Bonchev–Trinajstić information content (AvgIpc) is 3.28. The fourth-order valence-electron chi connectivity index (χ4n) is 4.09. The molecule has 5 rings (SSSR count). The fourth-order valence-corrected chi connectivity index (χ4v) is 5.03. The number of H-pyrrole nitrogens is 1. The number of nitrogens with zero attached hydrogens (tertiary/aromatic N) is 3. The van der Waals surface area contributed by atoms with E-state index in [1.165, 1.54) is 0 Å². The molecule has 8 nitrogen and oxygen atoms in total. The maximum Gasteiger partial charge on any atom is 0.264 e. The van der Waals surface area contributed by atoms with Gasteiger partial charge in [0, 0.05) is 17.1 Å². The third kappa shape index (κ3) is 5.36. The normalized spacial score (nSPS) is 12.4. The zero-order chi connectivity index (χ0) is 25.1. The first kappa shape index (κ1) is 23.5. The molecule has 0 fully saturated rings. The van der Waals surface area contributed by atoms with Gasteiger partial charge in [0.1, 0.15) is 5.82 Å². The lowest BCUT2D eigenvalue weighted by Crippen LogP contribution is -2.17. The van der Waals surface area contributed by atoms with Crippen LogP contribution in [-0.4, -0.2) is 28.4 Å². The molecule has 0 saturated heterocycles. The van der Waals surface area contributed by atoms with Gasteiger partial charge >= 0.3 is 0 Å². The number of nitrogens with one attached hydrogen (secondary N) is 3. The Morgan fingerprint density at radius 1 is 0.833 bits per heavy atom. The van der Waals surface area contributed by atoms with E-state index in [1.807, 2.05) is 42.5 Å². The highest BCUT2D eigenvalue weighted by Crippen LogP contribution is 2.25. The first-order chi connectivity index (χ1) is 17.4. The Morgan fingerprint density at radius 2 is 1.50 bits per heavy atom. The molecular formula is C27H26N6O2S. The molecule has 5 aromatic rings. The Bertz CT molecular complexity index is 1550. The van der Waals surface area contributed by atoms with Gasteiger partial charge in [-0.1, -0.05) is 42.5 Å². The van der Waals surface area contributed by atoms with E-state index < -0.39 is 10.0 Å². The third-order valence-corrected chi connectivity index (χ3v) is 7.08. The first-order valence-electron chi connectivity index (χ1n) is 11.6. The van der Waals surface area contributed by atoms with Gasteiger partial charge in [0.2, 0.25) is 5.95 Å². The monoisotopic (exact) mass is 498 g/mol. The van der Waals surface area contributed by atoms with Gasteiger partial charge in [-0.3, -0.25) is 0 Å². The van der Waals surface area contributed by atoms with E-state index in [0.717, 1.165) is 28.1 Å². The Hall–Kier alpha value is -4.24. The maximum absolute atomic E-state index is 12.9.